The van der Waals surface area contributed by atoms with Crippen LogP contribution >= 0.6 is 23.7 Å². The lowest BCUT2D eigenvalue weighted by Gasteiger charge is -2.26. The first-order valence-corrected chi connectivity index (χ1v) is 12.5. The van der Waals surface area contributed by atoms with Crippen molar-refractivity contribution in [2.75, 3.05) is 33.4 Å². The number of fused-ring (bicyclic) bond motifs is 1. The summed E-state index contributed by atoms with van der Waals surface area (Å²) in [5.74, 6) is 2.69. The molecule has 0 atom stereocenters. The molecule has 1 aliphatic heterocycles. The van der Waals surface area contributed by atoms with Gasteiger partial charge in [-0.15, -0.1) is 23.7 Å². The molecule has 7 heteroatoms. The highest BCUT2D eigenvalue weighted by atomic mass is 35.5. The number of benzene rings is 3. The van der Waals surface area contributed by atoms with Gasteiger partial charge in [0.1, 0.15) is 23.9 Å². The third-order valence-electron chi connectivity index (χ3n) is 6.15. The molecule has 1 N–H and O–H groups in total. The largest absolute Gasteiger partial charge is 0.507 e. The Kier molecular flexibility index (Phi) is 8.39. The smallest absolute Gasteiger partial charge is 0.170 e. The number of phenols is 1. The average Bonchev–Trinajstić information content (AvgIpc) is 3.30. The second kappa shape index (κ2) is 11.7. The van der Waals surface area contributed by atoms with Crippen molar-refractivity contribution >= 4 is 33.8 Å². The van der Waals surface area contributed by atoms with E-state index in [-0.39, 0.29) is 18.2 Å². The molecule has 2 heterocycles. The SMILES string of the molecule is COc1cc(O)c(-c2cc3ccccc3s2)cc1Oc1ccc(OCCN2CCCCC2)cc1.Cl. The number of thiophene rings is 1. The fraction of sp³-hybridized carbons (Fsp3) is 0.286. The topological polar surface area (TPSA) is 51.2 Å². The second-order valence-corrected chi connectivity index (χ2v) is 9.58. The zero-order valence-electron chi connectivity index (χ0n) is 19.7. The number of nitrogens with zero attached hydrogens (tertiary/aromatic N) is 1. The Balaban J connectivity index is 0.00000289. The Hall–Kier alpha value is -2.93. The van der Waals surface area contributed by atoms with Gasteiger partial charge in [0, 0.05) is 27.8 Å². The third-order valence-corrected chi connectivity index (χ3v) is 7.30. The molecule has 5 rings (SSSR count). The van der Waals surface area contributed by atoms with Gasteiger partial charge in [0.05, 0.1) is 7.11 Å². The molecule has 3 aromatic carbocycles. The van der Waals surface area contributed by atoms with Gasteiger partial charge in [-0.3, -0.25) is 4.90 Å². The molecule has 1 saturated heterocycles. The number of likely N-dealkylation sites (tertiary alicyclic amines) is 1. The van der Waals surface area contributed by atoms with Crippen LogP contribution < -0.4 is 14.2 Å². The van der Waals surface area contributed by atoms with E-state index in [2.05, 4.69) is 23.1 Å². The van der Waals surface area contributed by atoms with Crippen LogP contribution in [0.4, 0.5) is 0 Å². The molecule has 0 radical (unpaired) electrons. The van der Waals surface area contributed by atoms with Gasteiger partial charge >= 0.3 is 0 Å². The van der Waals surface area contributed by atoms with Crippen molar-refractivity contribution in [1.82, 2.24) is 4.90 Å². The molecule has 1 aromatic heterocycles. The normalized spacial score (nSPS) is 13.9. The molecule has 5 nitrogen and oxygen atoms in total. The number of hydrogen-bond donors (Lipinski definition) is 1. The number of hydrogen-bond acceptors (Lipinski definition) is 6. The Bertz CT molecular complexity index is 1220. The number of halogens is 1. The van der Waals surface area contributed by atoms with E-state index in [0.29, 0.717) is 23.9 Å². The van der Waals surface area contributed by atoms with E-state index in [1.54, 1.807) is 24.5 Å². The first kappa shape index (κ1) is 25.2. The van der Waals surface area contributed by atoms with Gasteiger partial charge in [-0.1, -0.05) is 24.6 Å². The van der Waals surface area contributed by atoms with Crippen molar-refractivity contribution < 1.29 is 19.3 Å². The zero-order valence-corrected chi connectivity index (χ0v) is 21.4. The Morgan fingerprint density at radius 2 is 1.63 bits per heavy atom. The molecule has 35 heavy (non-hydrogen) atoms. The maximum atomic E-state index is 10.7. The van der Waals surface area contributed by atoms with Crippen molar-refractivity contribution in [2.24, 2.45) is 0 Å². The molecule has 0 bridgehead atoms. The van der Waals surface area contributed by atoms with E-state index < -0.39 is 0 Å². The van der Waals surface area contributed by atoms with Crippen molar-refractivity contribution in [1.29, 1.82) is 0 Å². The van der Waals surface area contributed by atoms with Gasteiger partial charge in [-0.05, 0) is 73.8 Å². The summed E-state index contributed by atoms with van der Waals surface area (Å²) in [5, 5.41) is 11.8. The second-order valence-electron chi connectivity index (χ2n) is 8.49. The molecule has 0 aliphatic carbocycles. The predicted molar refractivity (Wildman–Crippen MR) is 145 cm³/mol. The number of methoxy groups -OCH3 is 1. The van der Waals surface area contributed by atoms with E-state index in [4.69, 9.17) is 14.2 Å². The summed E-state index contributed by atoms with van der Waals surface area (Å²) in [5.41, 5.74) is 0.717. The number of ether oxygens (including phenoxy) is 3. The van der Waals surface area contributed by atoms with Crippen LogP contribution in [0.1, 0.15) is 19.3 Å². The fourth-order valence-electron chi connectivity index (χ4n) is 4.31. The highest BCUT2D eigenvalue weighted by molar-refractivity contribution is 7.22. The van der Waals surface area contributed by atoms with Crippen LogP contribution in [0.25, 0.3) is 20.5 Å². The van der Waals surface area contributed by atoms with Gasteiger partial charge < -0.3 is 19.3 Å². The van der Waals surface area contributed by atoms with Crippen molar-refractivity contribution in [3.05, 3.63) is 66.7 Å². The van der Waals surface area contributed by atoms with Gasteiger partial charge in [-0.25, -0.2) is 0 Å². The first-order valence-electron chi connectivity index (χ1n) is 11.7. The molecule has 0 amide bonds. The first-order chi connectivity index (χ1) is 16.7. The summed E-state index contributed by atoms with van der Waals surface area (Å²) in [6, 6.07) is 21.3. The van der Waals surface area contributed by atoms with Crippen LogP contribution in [0.5, 0.6) is 28.7 Å². The van der Waals surface area contributed by atoms with E-state index in [9.17, 15) is 5.11 Å². The molecular weight excluding hydrogens is 482 g/mol. The maximum Gasteiger partial charge on any atom is 0.170 e. The summed E-state index contributed by atoms with van der Waals surface area (Å²) in [4.78, 5) is 3.44. The van der Waals surface area contributed by atoms with Crippen molar-refractivity contribution in [3.63, 3.8) is 0 Å². The van der Waals surface area contributed by atoms with Crippen LogP contribution in [0.2, 0.25) is 0 Å². The van der Waals surface area contributed by atoms with Gasteiger partial charge in [0.25, 0.3) is 0 Å². The molecule has 4 aromatic rings. The predicted octanol–water partition coefficient (Wildman–Crippen LogP) is 7.36. The Morgan fingerprint density at radius 3 is 2.37 bits per heavy atom. The lowest BCUT2D eigenvalue weighted by atomic mass is 10.1. The van der Waals surface area contributed by atoms with E-state index >= 15 is 0 Å². The number of aromatic hydroxyl groups is 1. The lowest BCUT2D eigenvalue weighted by Crippen LogP contribution is -2.33. The molecule has 184 valence electrons. The fourth-order valence-corrected chi connectivity index (χ4v) is 5.39. The highest BCUT2D eigenvalue weighted by Gasteiger charge is 2.16. The summed E-state index contributed by atoms with van der Waals surface area (Å²) in [7, 11) is 1.57. The quantitative estimate of drug-likeness (QED) is 0.268. The van der Waals surface area contributed by atoms with Crippen LogP contribution in [0.15, 0.2) is 66.7 Å². The van der Waals surface area contributed by atoms with Crippen molar-refractivity contribution in [3.8, 4) is 39.2 Å². The summed E-state index contributed by atoms with van der Waals surface area (Å²) in [6.07, 6.45) is 3.92. The van der Waals surface area contributed by atoms with Crippen LogP contribution in [0.3, 0.4) is 0 Å². The molecular formula is C28H30ClNO4S. The molecule has 1 fully saturated rings. The van der Waals surface area contributed by atoms with E-state index in [1.165, 1.54) is 37.1 Å². The van der Waals surface area contributed by atoms with Crippen molar-refractivity contribution in [2.45, 2.75) is 19.3 Å². The molecule has 0 unspecified atom stereocenters. The zero-order chi connectivity index (χ0) is 23.3. The number of rotatable bonds is 8. The number of piperidine rings is 1. The lowest BCUT2D eigenvalue weighted by molar-refractivity contribution is 0.183. The minimum absolute atomic E-state index is 0. The summed E-state index contributed by atoms with van der Waals surface area (Å²) >= 11 is 1.64. The number of phenolic OH excluding ortho intramolecular Hbond substituents is 1. The minimum atomic E-state index is 0. The standard InChI is InChI=1S/C28H29NO4S.ClH/c1-31-25-19-24(30)23(28-17-20-7-3-4-8-27(20)34-28)18-26(25)33-22-11-9-21(10-12-22)32-16-15-29-13-5-2-6-14-29;/h3-4,7-12,17-19,30H,2,5-6,13-16H2,1H3;1H. The van der Waals surface area contributed by atoms with Gasteiger partial charge in [-0.2, -0.15) is 0 Å². The third kappa shape index (κ3) is 6.01. The van der Waals surface area contributed by atoms with Gasteiger partial charge in [0.15, 0.2) is 11.5 Å². The Labute approximate surface area is 216 Å². The van der Waals surface area contributed by atoms with Crippen LogP contribution in [-0.2, 0) is 0 Å². The van der Waals surface area contributed by atoms with E-state index in [0.717, 1.165) is 28.1 Å². The molecule has 0 saturated carbocycles. The highest BCUT2D eigenvalue weighted by Crippen LogP contribution is 2.44. The van der Waals surface area contributed by atoms with Crippen LogP contribution in [-0.4, -0.2) is 43.4 Å². The van der Waals surface area contributed by atoms with Gasteiger partial charge in [0.2, 0.25) is 0 Å². The monoisotopic (exact) mass is 511 g/mol. The molecule has 0 spiro atoms. The minimum Gasteiger partial charge on any atom is -0.507 e. The van der Waals surface area contributed by atoms with E-state index in [1.807, 2.05) is 42.5 Å². The Morgan fingerprint density at radius 1 is 0.886 bits per heavy atom. The maximum absolute atomic E-state index is 10.7. The van der Waals surface area contributed by atoms with Crippen LogP contribution in [0, 0.1) is 0 Å². The molecule has 1 aliphatic rings. The average molecular weight is 512 g/mol. The summed E-state index contributed by atoms with van der Waals surface area (Å²) in [6.45, 7) is 4.00. The summed E-state index contributed by atoms with van der Waals surface area (Å²) < 4.78 is 18.7.